The normalized spacial score (nSPS) is 27.8. The molecule has 24 heavy (non-hydrogen) atoms. The summed E-state index contributed by atoms with van der Waals surface area (Å²) in [6.45, 7) is 1.56. The van der Waals surface area contributed by atoms with E-state index in [1.807, 2.05) is 6.92 Å². The van der Waals surface area contributed by atoms with E-state index in [9.17, 15) is 19.8 Å². The number of carbonyl (C=O) groups excluding carboxylic acids is 1. The lowest BCUT2D eigenvalue weighted by Crippen LogP contribution is -2.38. The van der Waals surface area contributed by atoms with Crippen molar-refractivity contribution in [1.82, 2.24) is 14.8 Å². The molecule has 0 radical (unpaired) electrons. The van der Waals surface area contributed by atoms with Gasteiger partial charge in [-0.05, 0) is 6.42 Å². The number of rotatable bonds is 6. The zero-order chi connectivity index (χ0) is 17.9. The number of carbonyl (C=O) groups is 1. The molecular weight excluding hydrogens is 322 g/mol. The van der Waals surface area contributed by atoms with Gasteiger partial charge in [-0.1, -0.05) is 13.3 Å². The summed E-state index contributed by atoms with van der Waals surface area (Å²) in [5, 5.41) is 23.8. The largest absolute Gasteiger partial charge is 0.462 e. The SMILES string of the molecule is CCCC(N)C(=O)OCC1OC(n2ncc(N)nc2=O)C(O)C1O. The molecule has 1 aromatic heterocycles. The second-order valence-corrected chi connectivity index (χ2v) is 5.48. The van der Waals surface area contributed by atoms with Crippen molar-refractivity contribution in [1.29, 1.82) is 0 Å². The Kier molecular flexibility index (Phi) is 5.83. The molecule has 5 unspecified atom stereocenters. The summed E-state index contributed by atoms with van der Waals surface area (Å²) in [6.07, 6.45) is -2.83. The number of nitrogen functional groups attached to an aromatic ring is 1. The predicted molar refractivity (Wildman–Crippen MR) is 80.5 cm³/mol. The molecule has 1 fully saturated rings. The summed E-state index contributed by atoms with van der Waals surface area (Å²) in [7, 11) is 0. The number of aromatic nitrogens is 3. The molecule has 0 bridgehead atoms. The fourth-order valence-corrected chi connectivity index (χ4v) is 2.30. The zero-order valence-corrected chi connectivity index (χ0v) is 13.1. The van der Waals surface area contributed by atoms with Crippen LogP contribution in [-0.2, 0) is 14.3 Å². The molecule has 0 saturated carbocycles. The monoisotopic (exact) mass is 343 g/mol. The van der Waals surface area contributed by atoms with Gasteiger partial charge in [0.05, 0.1) is 6.20 Å². The molecule has 1 aliphatic heterocycles. The molecule has 1 saturated heterocycles. The fraction of sp³-hybridized carbons (Fsp3) is 0.692. The molecule has 134 valence electrons. The van der Waals surface area contributed by atoms with Gasteiger partial charge in [-0.2, -0.15) is 14.8 Å². The van der Waals surface area contributed by atoms with E-state index in [2.05, 4.69) is 10.1 Å². The van der Waals surface area contributed by atoms with Crippen LogP contribution in [0.2, 0.25) is 0 Å². The summed E-state index contributed by atoms with van der Waals surface area (Å²) in [4.78, 5) is 26.9. The first-order valence-corrected chi connectivity index (χ1v) is 7.50. The maximum Gasteiger partial charge on any atom is 0.368 e. The Bertz CT molecular complexity index is 638. The van der Waals surface area contributed by atoms with E-state index in [0.717, 1.165) is 17.3 Å². The molecule has 2 rings (SSSR count). The molecule has 6 N–H and O–H groups in total. The van der Waals surface area contributed by atoms with Crippen molar-refractivity contribution in [2.24, 2.45) is 5.73 Å². The molecular formula is C13H21N5O6. The molecule has 2 heterocycles. The van der Waals surface area contributed by atoms with Crippen molar-refractivity contribution in [3.8, 4) is 0 Å². The van der Waals surface area contributed by atoms with Gasteiger partial charge in [0.15, 0.2) is 6.23 Å². The lowest BCUT2D eigenvalue weighted by Gasteiger charge is -2.16. The van der Waals surface area contributed by atoms with Gasteiger partial charge in [-0.3, -0.25) is 4.79 Å². The molecule has 1 aliphatic rings. The number of aliphatic hydroxyl groups excluding tert-OH is 2. The van der Waals surface area contributed by atoms with Crippen LogP contribution in [0, 0.1) is 0 Å². The Morgan fingerprint density at radius 3 is 2.83 bits per heavy atom. The van der Waals surface area contributed by atoms with Gasteiger partial charge < -0.3 is 31.2 Å². The third-order valence-electron chi connectivity index (χ3n) is 3.61. The molecule has 0 aliphatic carbocycles. The number of nitrogens with two attached hydrogens (primary N) is 2. The number of aliphatic hydroxyl groups is 2. The van der Waals surface area contributed by atoms with Gasteiger partial charge >= 0.3 is 11.7 Å². The first kappa shape index (κ1) is 18.3. The average molecular weight is 343 g/mol. The molecule has 0 spiro atoms. The van der Waals surface area contributed by atoms with Gasteiger partial charge in [0.25, 0.3) is 0 Å². The highest BCUT2D eigenvalue weighted by molar-refractivity contribution is 5.75. The van der Waals surface area contributed by atoms with Crippen LogP contribution in [0.15, 0.2) is 11.0 Å². The van der Waals surface area contributed by atoms with Gasteiger partial charge in [0, 0.05) is 0 Å². The number of hydrogen-bond acceptors (Lipinski definition) is 10. The molecule has 11 heteroatoms. The Labute approximate surface area is 137 Å². The minimum absolute atomic E-state index is 0.0836. The van der Waals surface area contributed by atoms with Crippen LogP contribution in [0.25, 0.3) is 0 Å². The maximum atomic E-state index is 11.7. The van der Waals surface area contributed by atoms with E-state index in [-0.39, 0.29) is 12.4 Å². The predicted octanol–water partition coefficient (Wildman–Crippen LogP) is -2.49. The van der Waals surface area contributed by atoms with Crippen molar-refractivity contribution >= 4 is 11.8 Å². The van der Waals surface area contributed by atoms with Gasteiger partial charge in [0.2, 0.25) is 0 Å². The van der Waals surface area contributed by atoms with Crippen molar-refractivity contribution in [2.75, 3.05) is 12.3 Å². The third kappa shape index (κ3) is 3.87. The van der Waals surface area contributed by atoms with Crippen LogP contribution < -0.4 is 17.2 Å². The maximum absolute atomic E-state index is 11.7. The molecule has 1 aromatic rings. The number of esters is 1. The van der Waals surface area contributed by atoms with Crippen molar-refractivity contribution in [3.63, 3.8) is 0 Å². The first-order valence-electron chi connectivity index (χ1n) is 7.50. The number of anilines is 1. The lowest BCUT2D eigenvalue weighted by atomic mass is 10.1. The van der Waals surface area contributed by atoms with Crippen molar-refractivity contribution in [2.45, 2.75) is 50.3 Å². The Hall–Kier alpha value is -2.08. The van der Waals surface area contributed by atoms with Crippen molar-refractivity contribution in [3.05, 3.63) is 16.7 Å². The number of ether oxygens (including phenoxy) is 2. The zero-order valence-electron chi connectivity index (χ0n) is 13.1. The third-order valence-corrected chi connectivity index (χ3v) is 3.61. The fourth-order valence-electron chi connectivity index (χ4n) is 2.30. The van der Waals surface area contributed by atoms with Crippen LogP contribution in [0.3, 0.4) is 0 Å². The second-order valence-electron chi connectivity index (χ2n) is 5.48. The van der Waals surface area contributed by atoms with E-state index in [1.165, 1.54) is 0 Å². The highest BCUT2D eigenvalue weighted by Crippen LogP contribution is 2.28. The summed E-state index contributed by atoms with van der Waals surface area (Å²) in [5.74, 6) is -0.713. The Morgan fingerprint density at radius 2 is 2.21 bits per heavy atom. The highest BCUT2D eigenvalue weighted by atomic mass is 16.6. The summed E-state index contributed by atoms with van der Waals surface area (Å²) in [6, 6.07) is -0.764. The lowest BCUT2D eigenvalue weighted by molar-refractivity contribution is -0.152. The van der Waals surface area contributed by atoms with E-state index < -0.39 is 42.2 Å². The van der Waals surface area contributed by atoms with Crippen molar-refractivity contribution < 1.29 is 24.5 Å². The summed E-state index contributed by atoms with van der Waals surface area (Å²) in [5.41, 5.74) is 10.1. The van der Waals surface area contributed by atoms with Crippen LogP contribution in [0.5, 0.6) is 0 Å². The summed E-state index contributed by atoms with van der Waals surface area (Å²) < 4.78 is 11.1. The van der Waals surface area contributed by atoms with Gasteiger partial charge in [-0.25, -0.2) is 4.79 Å². The summed E-state index contributed by atoms with van der Waals surface area (Å²) >= 11 is 0. The highest BCUT2D eigenvalue weighted by Gasteiger charge is 2.45. The van der Waals surface area contributed by atoms with Crippen LogP contribution in [-0.4, -0.2) is 61.9 Å². The van der Waals surface area contributed by atoms with E-state index in [4.69, 9.17) is 20.9 Å². The molecule has 0 aromatic carbocycles. The Balaban J connectivity index is 2.02. The average Bonchev–Trinajstić information content (AvgIpc) is 2.81. The minimum Gasteiger partial charge on any atom is -0.462 e. The van der Waals surface area contributed by atoms with Gasteiger partial charge in [-0.15, -0.1) is 0 Å². The van der Waals surface area contributed by atoms with Crippen LogP contribution in [0.1, 0.15) is 26.0 Å². The first-order chi connectivity index (χ1) is 11.3. The van der Waals surface area contributed by atoms with E-state index in [1.54, 1.807) is 0 Å². The quantitative estimate of drug-likeness (QED) is 0.404. The van der Waals surface area contributed by atoms with Gasteiger partial charge in [0.1, 0.15) is 36.8 Å². The number of nitrogens with zero attached hydrogens (tertiary/aromatic N) is 3. The van der Waals surface area contributed by atoms with E-state index >= 15 is 0 Å². The Morgan fingerprint density at radius 1 is 1.50 bits per heavy atom. The minimum atomic E-state index is -1.45. The number of hydrogen-bond donors (Lipinski definition) is 4. The molecule has 0 amide bonds. The van der Waals surface area contributed by atoms with E-state index in [0.29, 0.717) is 6.42 Å². The molecule has 5 atom stereocenters. The smallest absolute Gasteiger partial charge is 0.368 e. The second kappa shape index (κ2) is 7.66. The van der Waals surface area contributed by atoms with Crippen LogP contribution in [0.4, 0.5) is 5.82 Å². The van der Waals surface area contributed by atoms with Crippen LogP contribution >= 0.6 is 0 Å². The topological polar surface area (TPSA) is 176 Å². The molecule has 11 nitrogen and oxygen atoms in total. The standard InChI is InChI=1S/C13H21N5O6/c1-2-3-6(14)12(21)23-5-7-9(19)10(20)11(24-7)18-13(22)17-8(15)4-16-18/h4,6-7,9-11,19-20H,2-3,5,14H2,1H3,(H2,15,17,22).